The van der Waals surface area contributed by atoms with Gasteiger partial charge in [0.15, 0.2) is 0 Å². The van der Waals surface area contributed by atoms with E-state index in [0.29, 0.717) is 22.7 Å². The van der Waals surface area contributed by atoms with Crippen LogP contribution in [0.4, 0.5) is 5.69 Å². The second-order valence-electron chi connectivity index (χ2n) is 4.21. The molecule has 0 aliphatic rings. The number of pyridine rings is 1. The van der Waals surface area contributed by atoms with Crippen LogP contribution in [0.3, 0.4) is 0 Å². The van der Waals surface area contributed by atoms with E-state index in [-0.39, 0.29) is 0 Å². The lowest BCUT2D eigenvalue weighted by Crippen LogP contribution is -1.97. The predicted molar refractivity (Wildman–Crippen MR) is 74.0 cm³/mol. The Morgan fingerprint density at radius 3 is 2.79 bits per heavy atom. The highest BCUT2D eigenvalue weighted by Gasteiger charge is 2.07. The zero-order chi connectivity index (χ0) is 13.8. The minimum Gasteiger partial charge on any atom is -0.455 e. The highest BCUT2D eigenvalue weighted by molar-refractivity contribution is 5.57. The summed E-state index contributed by atoms with van der Waals surface area (Å²) in [7, 11) is 0. The first-order valence-electron chi connectivity index (χ1n) is 6.08. The summed E-state index contributed by atoms with van der Waals surface area (Å²) in [5.74, 6) is 1.30. The number of nitriles is 1. The molecule has 96 valence electrons. The predicted octanol–water partition coefficient (Wildman–Crippen LogP) is 3.20. The minimum atomic E-state index is 0.413. The first-order valence-corrected chi connectivity index (χ1v) is 6.08. The van der Waals surface area contributed by atoms with Gasteiger partial charge in [0.25, 0.3) is 0 Å². The van der Waals surface area contributed by atoms with Crippen LogP contribution in [0.5, 0.6) is 11.5 Å². The van der Waals surface area contributed by atoms with Crippen molar-refractivity contribution in [3.8, 4) is 17.6 Å². The Kier molecular flexibility index (Phi) is 3.67. The van der Waals surface area contributed by atoms with Crippen LogP contribution in [0.1, 0.15) is 23.9 Å². The average Bonchev–Trinajstić information content (AvgIpc) is 2.42. The molecule has 0 unspecified atom stereocenters. The Labute approximate surface area is 112 Å². The van der Waals surface area contributed by atoms with Crippen molar-refractivity contribution in [2.45, 2.75) is 20.3 Å². The molecule has 1 aromatic carbocycles. The van der Waals surface area contributed by atoms with Gasteiger partial charge in [0, 0.05) is 17.4 Å². The third kappa shape index (κ3) is 2.83. The normalized spacial score (nSPS) is 9.95. The molecule has 0 bridgehead atoms. The van der Waals surface area contributed by atoms with Gasteiger partial charge in [-0.25, -0.2) is 0 Å². The third-order valence-electron chi connectivity index (χ3n) is 2.78. The lowest BCUT2D eigenvalue weighted by Gasteiger charge is -2.10. The maximum Gasteiger partial charge on any atom is 0.148 e. The summed E-state index contributed by atoms with van der Waals surface area (Å²) in [5, 5.41) is 8.95. The van der Waals surface area contributed by atoms with Crippen molar-refractivity contribution in [2.75, 3.05) is 5.73 Å². The first kappa shape index (κ1) is 12.9. The molecule has 0 fully saturated rings. The highest BCUT2D eigenvalue weighted by Crippen LogP contribution is 2.27. The lowest BCUT2D eigenvalue weighted by atomic mass is 10.2. The molecule has 2 rings (SSSR count). The molecule has 2 N–H and O–H groups in total. The van der Waals surface area contributed by atoms with Crippen LogP contribution in [0.2, 0.25) is 0 Å². The molecule has 0 aliphatic heterocycles. The highest BCUT2D eigenvalue weighted by atomic mass is 16.5. The summed E-state index contributed by atoms with van der Waals surface area (Å²) in [6.07, 6.45) is 0.789. The van der Waals surface area contributed by atoms with E-state index in [9.17, 15) is 0 Å². The van der Waals surface area contributed by atoms with Crippen LogP contribution in [0.15, 0.2) is 30.3 Å². The fourth-order valence-electron chi connectivity index (χ4n) is 1.77. The van der Waals surface area contributed by atoms with Crippen molar-refractivity contribution in [1.82, 2.24) is 4.98 Å². The van der Waals surface area contributed by atoms with E-state index >= 15 is 0 Å². The molecular weight excluding hydrogens is 238 g/mol. The fraction of sp³-hybridized carbons (Fsp3) is 0.200. The van der Waals surface area contributed by atoms with Crippen LogP contribution in [0.25, 0.3) is 0 Å². The third-order valence-corrected chi connectivity index (χ3v) is 2.78. The van der Waals surface area contributed by atoms with Gasteiger partial charge in [0.2, 0.25) is 0 Å². The fourth-order valence-corrected chi connectivity index (χ4v) is 1.77. The molecule has 0 aliphatic carbocycles. The zero-order valence-corrected chi connectivity index (χ0v) is 11.0. The molecule has 0 amide bonds. The molecule has 0 saturated heterocycles. The molecule has 0 saturated carbocycles. The number of aromatic nitrogens is 1. The second-order valence-corrected chi connectivity index (χ2v) is 4.21. The summed E-state index contributed by atoms with van der Waals surface area (Å²) in [4.78, 5) is 4.43. The summed E-state index contributed by atoms with van der Waals surface area (Å²) in [5.41, 5.74) is 8.40. The van der Waals surface area contributed by atoms with Gasteiger partial charge in [-0.15, -0.1) is 0 Å². The van der Waals surface area contributed by atoms with Crippen molar-refractivity contribution in [2.24, 2.45) is 0 Å². The molecule has 0 spiro atoms. The van der Waals surface area contributed by atoms with Gasteiger partial charge in [0.05, 0.1) is 11.3 Å². The van der Waals surface area contributed by atoms with Crippen molar-refractivity contribution in [3.63, 3.8) is 0 Å². The smallest absolute Gasteiger partial charge is 0.148 e. The second kappa shape index (κ2) is 5.40. The molecule has 4 heteroatoms. The zero-order valence-electron chi connectivity index (χ0n) is 11.0. The van der Waals surface area contributed by atoms with Crippen molar-refractivity contribution < 1.29 is 4.74 Å². The van der Waals surface area contributed by atoms with Crippen LogP contribution >= 0.6 is 0 Å². The topological polar surface area (TPSA) is 71.9 Å². The quantitative estimate of drug-likeness (QED) is 0.852. The molecule has 1 aromatic heterocycles. The number of nitrogen functional groups attached to an aromatic ring is 1. The number of nitrogens with two attached hydrogens (primary N) is 1. The van der Waals surface area contributed by atoms with E-state index < -0.39 is 0 Å². The van der Waals surface area contributed by atoms with Crippen LogP contribution < -0.4 is 10.5 Å². The van der Waals surface area contributed by atoms with Crippen LogP contribution in [-0.2, 0) is 6.42 Å². The molecule has 0 radical (unpaired) electrons. The number of hydrogen-bond donors (Lipinski definition) is 1. The Morgan fingerprint density at radius 1 is 1.32 bits per heavy atom. The summed E-state index contributed by atoms with van der Waals surface area (Å²) < 4.78 is 5.78. The Balaban J connectivity index is 2.34. The van der Waals surface area contributed by atoms with E-state index in [0.717, 1.165) is 17.8 Å². The summed E-state index contributed by atoms with van der Waals surface area (Å²) in [6.45, 7) is 3.97. The largest absolute Gasteiger partial charge is 0.455 e. The Hall–Kier alpha value is -2.54. The van der Waals surface area contributed by atoms with Gasteiger partial charge in [0.1, 0.15) is 17.6 Å². The van der Waals surface area contributed by atoms with Gasteiger partial charge in [-0.1, -0.05) is 6.92 Å². The Bertz CT molecular complexity index is 644. The van der Waals surface area contributed by atoms with Gasteiger partial charge >= 0.3 is 0 Å². The lowest BCUT2D eigenvalue weighted by molar-refractivity contribution is 0.472. The number of anilines is 1. The van der Waals surface area contributed by atoms with Crippen LogP contribution in [-0.4, -0.2) is 4.98 Å². The minimum absolute atomic E-state index is 0.413. The van der Waals surface area contributed by atoms with E-state index in [1.165, 1.54) is 0 Å². The average molecular weight is 253 g/mol. The number of ether oxygens (including phenoxy) is 1. The van der Waals surface area contributed by atoms with Gasteiger partial charge in [-0.05, 0) is 37.6 Å². The van der Waals surface area contributed by atoms with E-state index in [2.05, 4.69) is 4.98 Å². The van der Waals surface area contributed by atoms with Gasteiger partial charge in [-0.3, -0.25) is 4.98 Å². The molecular formula is C15H15N3O. The number of aryl methyl sites for hydroxylation is 2. The number of nitrogens with zero attached hydrogens (tertiary/aromatic N) is 2. The molecule has 2 aromatic rings. The van der Waals surface area contributed by atoms with E-state index in [4.69, 9.17) is 15.7 Å². The van der Waals surface area contributed by atoms with E-state index in [1.807, 2.05) is 32.0 Å². The Morgan fingerprint density at radius 2 is 2.11 bits per heavy atom. The SMILES string of the molecule is CCc1nc(C)ccc1Oc1ccc(N)c(C#N)c1. The molecule has 4 nitrogen and oxygen atoms in total. The number of rotatable bonds is 3. The number of benzene rings is 1. The maximum absolute atomic E-state index is 8.95. The summed E-state index contributed by atoms with van der Waals surface area (Å²) in [6, 6.07) is 10.9. The van der Waals surface area contributed by atoms with E-state index in [1.54, 1.807) is 18.2 Å². The molecule has 0 atom stereocenters. The van der Waals surface area contributed by atoms with Gasteiger partial charge < -0.3 is 10.5 Å². The summed E-state index contributed by atoms with van der Waals surface area (Å²) >= 11 is 0. The number of hydrogen-bond acceptors (Lipinski definition) is 4. The van der Waals surface area contributed by atoms with Crippen molar-refractivity contribution in [3.05, 3.63) is 47.3 Å². The van der Waals surface area contributed by atoms with Crippen LogP contribution in [0, 0.1) is 18.3 Å². The maximum atomic E-state index is 8.95. The van der Waals surface area contributed by atoms with Crippen molar-refractivity contribution in [1.29, 1.82) is 5.26 Å². The first-order chi connectivity index (χ1) is 9.13. The molecule has 1 heterocycles. The van der Waals surface area contributed by atoms with Gasteiger partial charge in [-0.2, -0.15) is 5.26 Å². The molecule has 19 heavy (non-hydrogen) atoms. The standard InChI is InChI=1S/C15H15N3O/c1-3-14-15(7-4-10(2)18-14)19-12-5-6-13(17)11(8-12)9-16/h4-8H,3,17H2,1-2H3. The monoisotopic (exact) mass is 253 g/mol. The van der Waals surface area contributed by atoms with Crippen molar-refractivity contribution >= 4 is 5.69 Å².